The van der Waals surface area contributed by atoms with E-state index in [0.29, 0.717) is 5.82 Å². The van der Waals surface area contributed by atoms with Gasteiger partial charge < -0.3 is 15.4 Å². The van der Waals surface area contributed by atoms with Gasteiger partial charge in [-0.05, 0) is 69.1 Å². The largest absolute Gasteiger partial charge is 0.494 e. The van der Waals surface area contributed by atoms with Gasteiger partial charge in [0, 0.05) is 18.2 Å². The van der Waals surface area contributed by atoms with E-state index >= 15 is 0 Å². The molecule has 0 saturated carbocycles. The van der Waals surface area contributed by atoms with Crippen molar-refractivity contribution >= 4 is 5.82 Å². The van der Waals surface area contributed by atoms with Crippen molar-refractivity contribution in [2.75, 3.05) is 25.4 Å². The molecule has 1 fully saturated rings. The molecule has 1 aromatic heterocycles. The first-order chi connectivity index (χ1) is 11.2. The topological polar surface area (TPSA) is 64.3 Å². The number of benzene rings is 1. The average molecular weight is 312 g/mol. The van der Waals surface area contributed by atoms with Crippen LogP contribution in [-0.4, -0.2) is 40.8 Å². The van der Waals surface area contributed by atoms with Crippen molar-refractivity contribution in [1.82, 2.24) is 15.1 Å². The second kappa shape index (κ2) is 7.42. The first kappa shape index (κ1) is 15.7. The lowest BCUT2D eigenvalue weighted by Crippen LogP contribution is -2.28. The molecule has 1 saturated heterocycles. The Balaban J connectivity index is 1.47. The van der Waals surface area contributed by atoms with Gasteiger partial charge in [0.15, 0.2) is 0 Å². The van der Waals surface area contributed by atoms with Crippen LogP contribution in [0.25, 0.3) is 11.3 Å². The maximum Gasteiger partial charge on any atom is 0.146 e. The maximum absolute atomic E-state index is 5.83. The molecule has 1 atom stereocenters. The number of hydrogen-bond acceptors (Lipinski definition) is 5. The van der Waals surface area contributed by atoms with Gasteiger partial charge in [-0.3, -0.25) is 0 Å². The fourth-order valence-electron chi connectivity index (χ4n) is 3.00. The Morgan fingerprint density at radius 2 is 2.00 bits per heavy atom. The van der Waals surface area contributed by atoms with E-state index in [1.165, 1.54) is 19.4 Å². The van der Waals surface area contributed by atoms with Gasteiger partial charge in [-0.1, -0.05) is 0 Å². The van der Waals surface area contributed by atoms with Gasteiger partial charge in [-0.25, -0.2) is 0 Å². The Morgan fingerprint density at radius 1 is 1.17 bits per heavy atom. The summed E-state index contributed by atoms with van der Waals surface area (Å²) in [7, 11) is 0. The van der Waals surface area contributed by atoms with Crippen LogP contribution in [0.2, 0.25) is 0 Å². The Bertz CT molecular complexity index is 612. The summed E-state index contributed by atoms with van der Waals surface area (Å²) in [5, 5.41) is 7.96. The maximum atomic E-state index is 5.83. The highest BCUT2D eigenvalue weighted by Gasteiger charge is 2.18. The van der Waals surface area contributed by atoms with Crippen molar-refractivity contribution in [3.8, 4) is 17.0 Å². The molecule has 0 bridgehead atoms. The van der Waals surface area contributed by atoms with Gasteiger partial charge in [-0.15, -0.1) is 10.2 Å². The Hall–Kier alpha value is -2.14. The Labute approximate surface area is 137 Å². The third-order valence-electron chi connectivity index (χ3n) is 4.38. The highest BCUT2D eigenvalue weighted by atomic mass is 16.5. The summed E-state index contributed by atoms with van der Waals surface area (Å²) in [4.78, 5) is 2.55. The molecule has 3 rings (SSSR count). The lowest BCUT2D eigenvalue weighted by Gasteiger charge is -2.20. The Kier molecular flexibility index (Phi) is 5.08. The molecule has 23 heavy (non-hydrogen) atoms. The van der Waals surface area contributed by atoms with Crippen LogP contribution in [-0.2, 0) is 0 Å². The van der Waals surface area contributed by atoms with E-state index in [1.54, 1.807) is 6.07 Å². The molecule has 1 aromatic carbocycles. The summed E-state index contributed by atoms with van der Waals surface area (Å²) >= 11 is 0. The number of anilines is 1. The molecule has 1 aliphatic rings. The summed E-state index contributed by atoms with van der Waals surface area (Å²) in [6, 6.07) is 12.3. The molecule has 5 heteroatoms. The van der Waals surface area contributed by atoms with Gasteiger partial charge in [0.2, 0.25) is 0 Å². The first-order valence-corrected chi connectivity index (χ1v) is 8.29. The van der Waals surface area contributed by atoms with Gasteiger partial charge >= 0.3 is 0 Å². The van der Waals surface area contributed by atoms with Crippen LogP contribution in [0.4, 0.5) is 5.82 Å². The van der Waals surface area contributed by atoms with Crippen LogP contribution in [0.15, 0.2) is 36.4 Å². The molecule has 0 aliphatic carbocycles. The quantitative estimate of drug-likeness (QED) is 0.831. The number of nitrogen functional groups attached to an aromatic ring is 1. The molecule has 122 valence electrons. The molecule has 2 heterocycles. The third kappa shape index (κ3) is 4.20. The monoisotopic (exact) mass is 312 g/mol. The van der Waals surface area contributed by atoms with Crippen molar-refractivity contribution in [3.63, 3.8) is 0 Å². The molecule has 0 radical (unpaired) electrons. The number of likely N-dealkylation sites (tertiary alicyclic amines) is 1. The summed E-state index contributed by atoms with van der Waals surface area (Å²) in [5.41, 5.74) is 7.38. The molecule has 0 spiro atoms. The van der Waals surface area contributed by atoms with E-state index < -0.39 is 0 Å². The fraction of sp³-hybridized carbons (Fsp3) is 0.444. The molecular formula is C18H24N4O. The van der Waals surface area contributed by atoms with Gasteiger partial charge in [0.25, 0.3) is 0 Å². The molecule has 1 aliphatic heterocycles. The summed E-state index contributed by atoms with van der Waals surface area (Å²) in [6.45, 7) is 5.43. The zero-order chi connectivity index (χ0) is 16.1. The SMILES string of the molecule is CC1CCCN1CCCOc1ccc(-c2ccc(N)nn2)cc1. The number of ether oxygens (including phenoxy) is 1. The highest BCUT2D eigenvalue weighted by Crippen LogP contribution is 2.21. The van der Waals surface area contributed by atoms with Crippen LogP contribution in [0.3, 0.4) is 0 Å². The standard InChI is InChI=1S/C18H24N4O/c1-14-4-2-11-22(14)12-3-13-23-16-7-5-15(6-8-16)17-9-10-18(19)21-20-17/h5-10,14H,2-4,11-13H2,1H3,(H2,19,21). The minimum Gasteiger partial charge on any atom is -0.494 e. The van der Waals surface area contributed by atoms with E-state index in [2.05, 4.69) is 22.0 Å². The molecular weight excluding hydrogens is 288 g/mol. The fourth-order valence-corrected chi connectivity index (χ4v) is 3.00. The number of nitrogens with zero attached hydrogens (tertiary/aromatic N) is 3. The normalized spacial score (nSPS) is 18.2. The summed E-state index contributed by atoms with van der Waals surface area (Å²) in [6.07, 6.45) is 3.73. The summed E-state index contributed by atoms with van der Waals surface area (Å²) < 4.78 is 5.83. The van der Waals surface area contributed by atoms with Gasteiger partial charge in [-0.2, -0.15) is 0 Å². The lowest BCUT2D eigenvalue weighted by molar-refractivity contribution is 0.230. The van der Waals surface area contributed by atoms with Crippen LogP contribution < -0.4 is 10.5 Å². The molecule has 5 nitrogen and oxygen atoms in total. The Morgan fingerprint density at radius 3 is 2.65 bits per heavy atom. The minimum atomic E-state index is 0.432. The second-order valence-corrected chi connectivity index (χ2v) is 6.10. The lowest BCUT2D eigenvalue weighted by atomic mass is 10.1. The number of nitrogens with two attached hydrogens (primary N) is 1. The van der Waals surface area contributed by atoms with Crippen molar-refractivity contribution in [2.24, 2.45) is 0 Å². The smallest absolute Gasteiger partial charge is 0.146 e. The second-order valence-electron chi connectivity index (χ2n) is 6.10. The predicted molar refractivity (Wildman–Crippen MR) is 92.3 cm³/mol. The van der Waals surface area contributed by atoms with Crippen molar-refractivity contribution < 1.29 is 4.74 Å². The van der Waals surface area contributed by atoms with E-state index in [0.717, 1.165) is 42.6 Å². The van der Waals surface area contributed by atoms with E-state index in [-0.39, 0.29) is 0 Å². The molecule has 0 amide bonds. The minimum absolute atomic E-state index is 0.432. The van der Waals surface area contributed by atoms with Crippen molar-refractivity contribution in [1.29, 1.82) is 0 Å². The van der Waals surface area contributed by atoms with E-state index in [9.17, 15) is 0 Å². The average Bonchev–Trinajstić information content (AvgIpc) is 2.98. The molecule has 1 unspecified atom stereocenters. The van der Waals surface area contributed by atoms with Crippen LogP contribution in [0, 0.1) is 0 Å². The molecule has 2 aromatic rings. The first-order valence-electron chi connectivity index (χ1n) is 8.29. The van der Waals surface area contributed by atoms with E-state index in [1.807, 2.05) is 30.3 Å². The molecule has 2 N–H and O–H groups in total. The number of rotatable bonds is 6. The van der Waals surface area contributed by atoms with Crippen LogP contribution in [0.5, 0.6) is 5.75 Å². The zero-order valence-corrected chi connectivity index (χ0v) is 13.6. The highest BCUT2D eigenvalue weighted by molar-refractivity contribution is 5.60. The third-order valence-corrected chi connectivity index (χ3v) is 4.38. The van der Waals surface area contributed by atoms with Crippen LogP contribution >= 0.6 is 0 Å². The number of aromatic nitrogens is 2. The van der Waals surface area contributed by atoms with E-state index in [4.69, 9.17) is 10.5 Å². The summed E-state index contributed by atoms with van der Waals surface area (Å²) in [5.74, 6) is 1.33. The number of hydrogen-bond donors (Lipinski definition) is 1. The van der Waals surface area contributed by atoms with Crippen molar-refractivity contribution in [3.05, 3.63) is 36.4 Å². The van der Waals surface area contributed by atoms with Gasteiger partial charge in [0.05, 0.1) is 12.3 Å². The van der Waals surface area contributed by atoms with Gasteiger partial charge in [0.1, 0.15) is 11.6 Å². The zero-order valence-electron chi connectivity index (χ0n) is 13.6. The van der Waals surface area contributed by atoms with Crippen molar-refractivity contribution in [2.45, 2.75) is 32.2 Å². The van der Waals surface area contributed by atoms with Crippen LogP contribution in [0.1, 0.15) is 26.2 Å². The predicted octanol–water partition coefficient (Wildman–Crippen LogP) is 2.98.